The van der Waals surface area contributed by atoms with Crippen LogP contribution in [0.5, 0.6) is 0 Å². The fourth-order valence-electron chi connectivity index (χ4n) is 4.12. The Kier molecular flexibility index (Phi) is 7.63. The number of esters is 1. The lowest BCUT2D eigenvalue weighted by Gasteiger charge is -2.16. The van der Waals surface area contributed by atoms with Crippen molar-refractivity contribution in [1.29, 1.82) is 0 Å². The van der Waals surface area contributed by atoms with Gasteiger partial charge in [0.25, 0.3) is 5.56 Å². The minimum atomic E-state index is -0.732. The molecule has 0 fully saturated rings. The summed E-state index contributed by atoms with van der Waals surface area (Å²) in [6.07, 6.45) is 6.27. The zero-order valence-electron chi connectivity index (χ0n) is 19.2. The number of anilines is 1. The third-order valence-corrected chi connectivity index (χ3v) is 6.16. The molecule has 0 spiro atoms. The first kappa shape index (κ1) is 24.2. The Labute approximate surface area is 209 Å². The van der Waals surface area contributed by atoms with Crippen molar-refractivity contribution >= 4 is 29.0 Å². The second-order valence-corrected chi connectivity index (χ2v) is 8.49. The van der Waals surface area contributed by atoms with E-state index in [1.807, 2.05) is 60.7 Å². The van der Waals surface area contributed by atoms with Gasteiger partial charge in [-0.15, -0.1) is 0 Å². The number of benzene rings is 2. The molecule has 35 heavy (non-hydrogen) atoms. The van der Waals surface area contributed by atoms with Gasteiger partial charge in [-0.2, -0.15) is 0 Å². The standard InChI is InChI=1S/C28H26ClN3O3/c1-3-9-21(4-2)22-13-8-12-20(16-22)17-30-26-27(33)32-23(25(29)31-26)14-15-24(32)28(34)35-18-19-10-6-5-7-11-19/h3-13,16,24H,1-2,14-15,17-18H2,(H,30,31)/b21-9+. The Morgan fingerprint density at radius 1 is 1.17 bits per heavy atom. The predicted molar refractivity (Wildman–Crippen MR) is 139 cm³/mol. The lowest BCUT2D eigenvalue weighted by atomic mass is 10.0. The summed E-state index contributed by atoms with van der Waals surface area (Å²) in [5, 5.41) is 3.30. The molecule has 6 nitrogen and oxygen atoms in total. The number of hydrogen-bond acceptors (Lipinski definition) is 5. The normalized spacial score (nSPS) is 14.8. The minimum Gasteiger partial charge on any atom is -0.459 e. The second-order valence-electron chi connectivity index (χ2n) is 8.14. The van der Waals surface area contributed by atoms with Gasteiger partial charge in [-0.1, -0.05) is 91.5 Å². The van der Waals surface area contributed by atoms with Gasteiger partial charge in [-0.25, -0.2) is 9.78 Å². The van der Waals surface area contributed by atoms with E-state index in [9.17, 15) is 9.59 Å². The zero-order valence-corrected chi connectivity index (χ0v) is 20.0. The van der Waals surface area contributed by atoms with Gasteiger partial charge < -0.3 is 10.1 Å². The van der Waals surface area contributed by atoms with Crippen LogP contribution in [-0.2, 0) is 29.1 Å². The highest BCUT2D eigenvalue weighted by Crippen LogP contribution is 2.30. The average molecular weight is 488 g/mol. The molecule has 1 atom stereocenters. The van der Waals surface area contributed by atoms with Crippen molar-refractivity contribution in [2.45, 2.75) is 32.0 Å². The first-order valence-corrected chi connectivity index (χ1v) is 11.7. The average Bonchev–Trinajstić information content (AvgIpc) is 3.34. The minimum absolute atomic E-state index is 0.0949. The molecule has 178 valence electrons. The van der Waals surface area contributed by atoms with Gasteiger partial charge in [0.15, 0.2) is 11.0 Å². The maximum Gasteiger partial charge on any atom is 0.329 e. The molecule has 1 unspecified atom stereocenters. The molecule has 1 aliphatic heterocycles. The lowest BCUT2D eigenvalue weighted by molar-refractivity contribution is -0.148. The summed E-state index contributed by atoms with van der Waals surface area (Å²) < 4.78 is 6.92. The van der Waals surface area contributed by atoms with E-state index in [0.29, 0.717) is 25.1 Å². The Morgan fingerprint density at radius 3 is 2.69 bits per heavy atom. The number of nitrogens with zero attached hydrogens (tertiary/aromatic N) is 2. The molecular weight excluding hydrogens is 462 g/mol. The number of ether oxygens (including phenoxy) is 1. The van der Waals surface area contributed by atoms with Crippen molar-refractivity contribution in [3.8, 4) is 0 Å². The molecule has 0 aliphatic carbocycles. The molecule has 3 aromatic rings. The number of aromatic nitrogens is 2. The first-order chi connectivity index (χ1) is 17.0. The van der Waals surface area contributed by atoms with E-state index >= 15 is 0 Å². The van der Waals surface area contributed by atoms with Crippen molar-refractivity contribution < 1.29 is 9.53 Å². The maximum absolute atomic E-state index is 13.3. The second kappa shape index (κ2) is 11.0. The van der Waals surface area contributed by atoms with Gasteiger partial charge >= 0.3 is 5.97 Å². The van der Waals surface area contributed by atoms with E-state index in [1.54, 1.807) is 12.2 Å². The summed E-state index contributed by atoms with van der Waals surface area (Å²) in [6, 6.07) is 16.5. The van der Waals surface area contributed by atoms with Crippen LogP contribution in [0.2, 0.25) is 5.15 Å². The number of nitrogens with one attached hydrogen (secondary N) is 1. The molecule has 0 bridgehead atoms. The van der Waals surface area contributed by atoms with Crippen LogP contribution < -0.4 is 10.9 Å². The first-order valence-electron chi connectivity index (χ1n) is 11.3. The van der Waals surface area contributed by atoms with E-state index in [-0.39, 0.29) is 17.6 Å². The molecule has 4 rings (SSSR count). The van der Waals surface area contributed by atoms with Crippen LogP contribution in [0.3, 0.4) is 0 Å². The molecule has 2 heterocycles. The summed E-state index contributed by atoms with van der Waals surface area (Å²) >= 11 is 6.40. The van der Waals surface area contributed by atoms with E-state index in [4.69, 9.17) is 16.3 Å². The summed E-state index contributed by atoms with van der Waals surface area (Å²) in [7, 11) is 0. The summed E-state index contributed by atoms with van der Waals surface area (Å²) in [5.74, 6) is -0.362. The maximum atomic E-state index is 13.3. The monoisotopic (exact) mass is 487 g/mol. The van der Waals surface area contributed by atoms with Crippen molar-refractivity contribution in [1.82, 2.24) is 9.55 Å². The molecule has 1 N–H and O–H groups in total. The molecule has 7 heteroatoms. The van der Waals surface area contributed by atoms with Crippen LogP contribution in [0.4, 0.5) is 5.82 Å². The quantitative estimate of drug-likeness (QED) is 0.319. The van der Waals surface area contributed by atoms with Crippen LogP contribution in [-0.4, -0.2) is 15.5 Å². The van der Waals surface area contributed by atoms with E-state index in [2.05, 4.69) is 23.5 Å². The largest absolute Gasteiger partial charge is 0.459 e. The number of carbonyl (C=O) groups excluding carboxylic acids is 1. The predicted octanol–water partition coefficient (Wildman–Crippen LogP) is 5.49. The van der Waals surface area contributed by atoms with Crippen molar-refractivity contribution in [3.63, 3.8) is 0 Å². The van der Waals surface area contributed by atoms with Crippen molar-refractivity contribution in [2.24, 2.45) is 0 Å². The summed E-state index contributed by atoms with van der Waals surface area (Å²) in [6.45, 7) is 8.09. The topological polar surface area (TPSA) is 73.2 Å². The van der Waals surface area contributed by atoms with Gasteiger partial charge in [0.2, 0.25) is 0 Å². The summed E-state index contributed by atoms with van der Waals surface area (Å²) in [5.41, 5.74) is 3.91. The Morgan fingerprint density at radius 2 is 1.94 bits per heavy atom. The highest BCUT2D eigenvalue weighted by Gasteiger charge is 2.33. The Bertz CT molecular complexity index is 1350. The number of halogens is 1. The van der Waals surface area contributed by atoms with E-state index in [0.717, 1.165) is 22.3 Å². The molecule has 0 amide bonds. The number of rotatable bonds is 9. The molecule has 1 aliphatic rings. The Balaban J connectivity index is 1.52. The number of hydrogen-bond donors (Lipinski definition) is 1. The lowest BCUT2D eigenvalue weighted by Crippen LogP contribution is -2.31. The third kappa shape index (κ3) is 5.44. The van der Waals surface area contributed by atoms with Gasteiger partial charge in [0.1, 0.15) is 12.6 Å². The van der Waals surface area contributed by atoms with Gasteiger partial charge in [0, 0.05) is 6.54 Å². The zero-order chi connectivity index (χ0) is 24.8. The smallest absolute Gasteiger partial charge is 0.329 e. The van der Waals surface area contributed by atoms with Crippen LogP contribution in [0.1, 0.15) is 34.8 Å². The van der Waals surface area contributed by atoms with E-state index in [1.165, 1.54) is 4.57 Å². The SMILES string of the molecule is C=C/C=C(\C=C)c1cccc(CNc2nc(Cl)c3n(c2=O)C(C(=O)OCc2ccccc2)CC3)c1. The number of carbonyl (C=O) groups is 1. The van der Waals surface area contributed by atoms with Crippen LogP contribution >= 0.6 is 11.6 Å². The fraction of sp³-hybridized carbons (Fsp3) is 0.179. The Hall–Kier alpha value is -3.90. The van der Waals surface area contributed by atoms with Gasteiger partial charge in [-0.3, -0.25) is 9.36 Å². The van der Waals surface area contributed by atoms with Crippen LogP contribution in [0, 0.1) is 0 Å². The molecule has 0 radical (unpaired) electrons. The van der Waals surface area contributed by atoms with Crippen molar-refractivity contribution in [2.75, 3.05) is 5.32 Å². The number of allylic oxidation sites excluding steroid dienone is 4. The third-order valence-electron chi connectivity index (χ3n) is 5.86. The highest BCUT2D eigenvalue weighted by molar-refractivity contribution is 6.30. The molecular formula is C28H26ClN3O3. The van der Waals surface area contributed by atoms with Crippen molar-refractivity contribution in [3.05, 3.63) is 124 Å². The molecule has 2 aromatic carbocycles. The van der Waals surface area contributed by atoms with Crippen LogP contribution in [0.25, 0.3) is 5.57 Å². The number of fused-ring (bicyclic) bond motifs is 1. The highest BCUT2D eigenvalue weighted by atomic mass is 35.5. The molecule has 1 aromatic heterocycles. The summed E-state index contributed by atoms with van der Waals surface area (Å²) in [4.78, 5) is 30.4. The van der Waals surface area contributed by atoms with Gasteiger partial charge in [-0.05, 0) is 41.2 Å². The molecule has 0 saturated heterocycles. The molecule has 0 saturated carbocycles. The van der Waals surface area contributed by atoms with Crippen LogP contribution in [0.15, 0.2) is 90.8 Å². The van der Waals surface area contributed by atoms with Gasteiger partial charge in [0.05, 0.1) is 5.69 Å². The van der Waals surface area contributed by atoms with E-state index < -0.39 is 17.6 Å². The fourth-order valence-corrected chi connectivity index (χ4v) is 4.39.